The third-order valence-electron chi connectivity index (χ3n) is 5.85. The predicted molar refractivity (Wildman–Crippen MR) is 106 cm³/mol. The highest BCUT2D eigenvalue weighted by molar-refractivity contribution is 5.91. The number of hydrogen-bond donors (Lipinski definition) is 0. The van der Waals surface area contributed by atoms with Crippen molar-refractivity contribution < 1.29 is 0 Å². The van der Waals surface area contributed by atoms with Crippen LogP contribution in [0.25, 0.3) is 22.2 Å². The van der Waals surface area contributed by atoms with Gasteiger partial charge in [0, 0.05) is 41.5 Å². The fourth-order valence-corrected chi connectivity index (χ4v) is 4.19. The van der Waals surface area contributed by atoms with Crippen molar-refractivity contribution in [1.82, 2.24) is 34.0 Å². The molecule has 6 rings (SSSR count). The van der Waals surface area contributed by atoms with Gasteiger partial charge >= 0.3 is 0 Å². The van der Waals surface area contributed by atoms with Crippen LogP contribution in [0.15, 0.2) is 36.8 Å². The standard InChI is InChI=1S/C21H19N7/c1-11-10-23-12(2)20-25-19(26-28(11)20)16-9-15(16)18-13(3)27-8-6-17-14(21(27)24-18)5-4-7-22-17/h4-8,10,15-16H,9H2,1-3H3/t15-,16-/m1/s1. The first-order valence-electron chi connectivity index (χ1n) is 9.53. The molecule has 0 saturated heterocycles. The summed E-state index contributed by atoms with van der Waals surface area (Å²) >= 11 is 0. The minimum atomic E-state index is 0.312. The number of hydrogen-bond acceptors (Lipinski definition) is 5. The summed E-state index contributed by atoms with van der Waals surface area (Å²) in [6, 6.07) is 6.10. The Hall–Kier alpha value is -3.35. The van der Waals surface area contributed by atoms with Crippen LogP contribution in [-0.4, -0.2) is 34.0 Å². The summed E-state index contributed by atoms with van der Waals surface area (Å²) in [7, 11) is 0. The fraction of sp³-hybridized carbons (Fsp3) is 0.286. The highest BCUT2D eigenvalue weighted by Gasteiger charge is 2.45. The lowest BCUT2D eigenvalue weighted by Gasteiger charge is -2.00. The minimum Gasteiger partial charge on any atom is -0.303 e. The Labute approximate surface area is 161 Å². The van der Waals surface area contributed by atoms with Crippen molar-refractivity contribution in [2.75, 3.05) is 0 Å². The SMILES string of the molecule is Cc1ncc(C)n2nc([C@@H]3C[C@H]3c3nc4c5cccnc5ccn4c3C)nc12. The second kappa shape index (κ2) is 5.34. The normalized spacial score (nSPS) is 19.1. The zero-order valence-corrected chi connectivity index (χ0v) is 16.0. The van der Waals surface area contributed by atoms with Gasteiger partial charge in [-0.1, -0.05) is 0 Å². The van der Waals surface area contributed by atoms with Gasteiger partial charge in [0.05, 0.1) is 22.6 Å². The maximum absolute atomic E-state index is 5.02. The lowest BCUT2D eigenvalue weighted by Crippen LogP contribution is -1.97. The average Bonchev–Trinajstić information content (AvgIpc) is 3.23. The van der Waals surface area contributed by atoms with Crippen LogP contribution in [0, 0.1) is 20.8 Å². The summed E-state index contributed by atoms with van der Waals surface area (Å²) in [5.74, 6) is 1.57. The van der Waals surface area contributed by atoms with Crippen molar-refractivity contribution in [3.8, 4) is 0 Å². The molecule has 0 unspecified atom stereocenters. The van der Waals surface area contributed by atoms with E-state index in [0.717, 1.165) is 51.5 Å². The molecule has 0 N–H and O–H groups in total. The quantitative estimate of drug-likeness (QED) is 0.476. The summed E-state index contributed by atoms with van der Waals surface area (Å²) in [4.78, 5) is 18.7. The number of aromatic nitrogens is 7. The molecule has 0 aliphatic heterocycles. The molecule has 0 radical (unpaired) electrons. The van der Waals surface area contributed by atoms with Crippen molar-refractivity contribution in [3.63, 3.8) is 0 Å². The molecular formula is C21H19N7. The number of nitrogens with zero attached hydrogens (tertiary/aromatic N) is 7. The predicted octanol–water partition coefficient (Wildman–Crippen LogP) is 3.52. The monoisotopic (exact) mass is 369 g/mol. The Morgan fingerprint density at radius 3 is 2.75 bits per heavy atom. The van der Waals surface area contributed by atoms with E-state index >= 15 is 0 Å². The molecule has 1 fully saturated rings. The van der Waals surface area contributed by atoms with Gasteiger partial charge < -0.3 is 4.40 Å². The van der Waals surface area contributed by atoms with E-state index in [2.05, 4.69) is 33.6 Å². The first-order valence-corrected chi connectivity index (χ1v) is 9.53. The maximum Gasteiger partial charge on any atom is 0.177 e. The molecule has 138 valence electrons. The Morgan fingerprint density at radius 1 is 1.00 bits per heavy atom. The van der Waals surface area contributed by atoms with Gasteiger partial charge in [0.25, 0.3) is 0 Å². The zero-order valence-electron chi connectivity index (χ0n) is 16.0. The van der Waals surface area contributed by atoms with E-state index in [4.69, 9.17) is 15.1 Å². The molecule has 5 heterocycles. The number of aryl methyl sites for hydroxylation is 3. The van der Waals surface area contributed by atoms with E-state index in [1.54, 1.807) is 0 Å². The largest absolute Gasteiger partial charge is 0.303 e. The van der Waals surface area contributed by atoms with E-state index < -0.39 is 0 Å². The van der Waals surface area contributed by atoms with Crippen LogP contribution >= 0.6 is 0 Å². The molecular weight excluding hydrogens is 350 g/mol. The summed E-state index contributed by atoms with van der Waals surface area (Å²) in [6.07, 6.45) is 6.76. The van der Waals surface area contributed by atoms with Crippen molar-refractivity contribution in [3.05, 3.63) is 65.4 Å². The zero-order chi connectivity index (χ0) is 19.0. The van der Waals surface area contributed by atoms with Gasteiger partial charge in [-0.25, -0.2) is 14.5 Å². The molecule has 7 heteroatoms. The number of pyridine rings is 2. The molecule has 0 aromatic carbocycles. The number of imidazole rings is 1. The van der Waals surface area contributed by atoms with Crippen LogP contribution in [0.2, 0.25) is 0 Å². The third kappa shape index (κ3) is 2.07. The van der Waals surface area contributed by atoms with Gasteiger partial charge in [0.2, 0.25) is 0 Å². The summed E-state index contributed by atoms with van der Waals surface area (Å²) in [6.45, 7) is 6.12. The van der Waals surface area contributed by atoms with Crippen molar-refractivity contribution in [2.24, 2.45) is 0 Å². The first kappa shape index (κ1) is 15.7. The molecule has 2 atom stereocenters. The molecule has 0 amide bonds. The Morgan fingerprint density at radius 2 is 1.89 bits per heavy atom. The molecule has 1 aliphatic carbocycles. The topological polar surface area (TPSA) is 73.3 Å². The van der Waals surface area contributed by atoms with Crippen molar-refractivity contribution in [2.45, 2.75) is 39.0 Å². The molecule has 5 aromatic rings. The first-order chi connectivity index (χ1) is 13.6. The fourth-order valence-electron chi connectivity index (χ4n) is 4.19. The molecule has 28 heavy (non-hydrogen) atoms. The van der Waals surface area contributed by atoms with E-state index in [1.165, 1.54) is 5.69 Å². The maximum atomic E-state index is 5.02. The van der Waals surface area contributed by atoms with Gasteiger partial charge in [-0.2, -0.15) is 5.10 Å². The number of rotatable bonds is 2. The van der Waals surface area contributed by atoms with Gasteiger partial charge in [-0.05, 0) is 45.4 Å². The van der Waals surface area contributed by atoms with Gasteiger partial charge in [-0.3, -0.25) is 9.97 Å². The van der Waals surface area contributed by atoms with Gasteiger partial charge in [-0.15, -0.1) is 0 Å². The summed E-state index contributed by atoms with van der Waals surface area (Å²) < 4.78 is 4.08. The van der Waals surface area contributed by atoms with Crippen LogP contribution in [0.4, 0.5) is 0 Å². The molecule has 1 saturated carbocycles. The van der Waals surface area contributed by atoms with E-state index in [0.29, 0.717) is 11.8 Å². The lowest BCUT2D eigenvalue weighted by molar-refractivity contribution is 0.827. The Balaban J connectivity index is 1.44. The van der Waals surface area contributed by atoms with Crippen LogP contribution < -0.4 is 0 Å². The molecule has 5 aromatic heterocycles. The van der Waals surface area contributed by atoms with Gasteiger partial charge in [0.1, 0.15) is 5.65 Å². The van der Waals surface area contributed by atoms with Crippen LogP contribution in [0.5, 0.6) is 0 Å². The van der Waals surface area contributed by atoms with Crippen molar-refractivity contribution >= 4 is 22.2 Å². The summed E-state index contributed by atoms with van der Waals surface area (Å²) in [5, 5.41) is 5.85. The van der Waals surface area contributed by atoms with Crippen LogP contribution in [-0.2, 0) is 0 Å². The third-order valence-corrected chi connectivity index (χ3v) is 5.85. The minimum absolute atomic E-state index is 0.312. The second-order valence-electron chi connectivity index (χ2n) is 7.67. The van der Waals surface area contributed by atoms with E-state index in [1.807, 2.05) is 42.9 Å². The van der Waals surface area contributed by atoms with Crippen molar-refractivity contribution in [1.29, 1.82) is 0 Å². The molecule has 0 spiro atoms. The summed E-state index contributed by atoms with van der Waals surface area (Å²) in [5.41, 5.74) is 7.04. The second-order valence-corrected chi connectivity index (χ2v) is 7.67. The lowest BCUT2D eigenvalue weighted by atomic mass is 10.2. The number of fused-ring (bicyclic) bond motifs is 4. The van der Waals surface area contributed by atoms with Crippen LogP contribution in [0.1, 0.15) is 46.9 Å². The smallest absolute Gasteiger partial charge is 0.177 e. The highest BCUT2D eigenvalue weighted by atomic mass is 15.3. The Kier molecular flexibility index (Phi) is 2.99. The van der Waals surface area contributed by atoms with E-state index in [-0.39, 0.29) is 0 Å². The Bertz CT molecular complexity index is 1360. The van der Waals surface area contributed by atoms with E-state index in [9.17, 15) is 0 Å². The molecule has 7 nitrogen and oxygen atoms in total. The highest BCUT2D eigenvalue weighted by Crippen LogP contribution is 2.54. The van der Waals surface area contributed by atoms with Gasteiger partial charge in [0.15, 0.2) is 11.5 Å². The van der Waals surface area contributed by atoms with Crippen LogP contribution in [0.3, 0.4) is 0 Å². The molecule has 1 aliphatic rings. The molecule has 0 bridgehead atoms. The average molecular weight is 369 g/mol.